The van der Waals surface area contributed by atoms with Crippen molar-refractivity contribution < 1.29 is 32.6 Å². The minimum Gasteiger partial charge on any atom is -0.495 e. The highest BCUT2D eigenvalue weighted by Crippen LogP contribution is 2.40. The van der Waals surface area contributed by atoms with E-state index in [1.54, 1.807) is 12.1 Å². The van der Waals surface area contributed by atoms with Gasteiger partial charge in [0.2, 0.25) is 0 Å². The van der Waals surface area contributed by atoms with Crippen LogP contribution in [0, 0.1) is 5.82 Å². The van der Waals surface area contributed by atoms with E-state index in [9.17, 15) is 14.0 Å². The average Bonchev–Trinajstić information content (AvgIpc) is 3.12. The molecule has 0 unspecified atom stereocenters. The summed E-state index contributed by atoms with van der Waals surface area (Å²) in [6.07, 6.45) is -1.24. The van der Waals surface area contributed by atoms with E-state index in [1.165, 1.54) is 31.4 Å². The number of amides is 1. The summed E-state index contributed by atoms with van der Waals surface area (Å²) in [5.41, 5.74) is 6.63. The van der Waals surface area contributed by atoms with Crippen LogP contribution in [0.4, 0.5) is 14.9 Å². The summed E-state index contributed by atoms with van der Waals surface area (Å²) in [6, 6.07) is 8.82. The summed E-state index contributed by atoms with van der Waals surface area (Å²) >= 11 is 0. The molecule has 1 saturated heterocycles. The van der Waals surface area contributed by atoms with E-state index in [2.05, 4.69) is 9.64 Å². The number of carbonyl (C=O) groups excluding carboxylic acids is 2. The summed E-state index contributed by atoms with van der Waals surface area (Å²) < 4.78 is 34.9. The lowest BCUT2D eigenvalue weighted by atomic mass is 10.0. The van der Waals surface area contributed by atoms with Gasteiger partial charge in [0.15, 0.2) is 0 Å². The van der Waals surface area contributed by atoms with Crippen LogP contribution >= 0.6 is 0 Å². The van der Waals surface area contributed by atoms with Gasteiger partial charge in [-0.15, -0.1) is 0 Å². The van der Waals surface area contributed by atoms with Gasteiger partial charge >= 0.3 is 12.1 Å². The van der Waals surface area contributed by atoms with Crippen molar-refractivity contribution in [1.82, 2.24) is 0 Å². The standard InChI is InChI=1S/C21H19FN2O6/c1-27-17-10-14-16(11-15(17)24-6-8-28-9-7-24)29-19(12-2-4-13(22)5-3-12)18(14)20(25)30-21(23)26/h2-5,10-11H,6-9H2,1H3,(H2,23,26). The van der Waals surface area contributed by atoms with Gasteiger partial charge in [0.05, 0.1) is 26.0 Å². The van der Waals surface area contributed by atoms with Gasteiger partial charge in [0, 0.05) is 30.1 Å². The molecule has 0 bridgehead atoms. The molecule has 8 nitrogen and oxygen atoms in total. The van der Waals surface area contributed by atoms with E-state index in [0.717, 1.165) is 5.69 Å². The molecular formula is C21H19FN2O6. The third kappa shape index (κ3) is 3.67. The molecule has 30 heavy (non-hydrogen) atoms. The fourth-order valence-corrected chi connectivity index (χ4v) is 3.48. The number of nitrogens with two attached hydrogens (primary N) is 1. The van der Waals surface area contributed by atoms with E-state index in [0.29, 0.717) is 48.6 Å². The van der Waals surface area contributed by atoms with Gasteiger partial charge in [0.25, 0.3) is 0 Å². The van der Waals surface area contributed by atoms with Gasteiger partial charge in [0.1, 0.15) is 28.5 Å². The number of halogens is 1. The summed E-state index contributed by atoms with van der Waals surface area (Å²) in [7, 11) is 1.52. The minimum absolute atomic E-state index is 0.00207. The molecule has 2 aromatic carbocycles. The molecule has 4 rings (SSSR count). The lowest BCUT2D eigenvalue weighted by Gasteiger charge is -2.29. The number of esters is 1. The molecule has 1 aromatic heterocycles. The molecule has 2 N–H and O–H groups in total. The second kappa shape index (κ2) is 8.03. The lowest BCUT2D eigenvalue weighted by Crippen LogP contribution is -2.36. The molecule has 0 radical (unpaired) electrons. The van der Waals surface area contributed by atoms with Crippen LogP contribution in [-0.2, 0) is 9.47 Å². The Bertz CT molecular complexity index is 1100. The highest BCUT2D eigenvalue weighted by molar-refractivity contribution is 6.12. The van der Waals surface area contributed by atoms with Crippen LogP contribution in [0.25, 0.3) is 22.3 Å². The van der Waals surface area contributed by atoms with Crippen LogP contribution in [0.5, 0.6) is 5.75 Å². The largest absolute Gasteiger partial charge is 0.495 e. The average molecular weight is 414 g/mol. The van der Waals surface area contributed by atoms with Crippen LogP contribution in [0.15, 0.2) is 40.8 Å². The molecule has 1 aliphatic heterocycles. The first-order chi connectivity index (χ1) is 14.5. The van der Waals surface area contributed by atoms with Gasteiger partial charge in [-0.25, -0.2) is 14.0 Å². The molecule has 0 spiro atoms. The number of anilines is 1. The maximum absolute atomic E-state index is 13.4. The molecule has 0 aliphatic carbocycles. The van der Waals surface area contributed by atoms with Crippen molar-refractivity contribution in [1.29, 1.82) is 0 Å². The number of methoxy groups -OCH3 is 1. The Morgan fingerprint density at radius 1 is 1.13 bits per heavy atom. The molecular weight excluding hydrogens is 395 g/mol. The summed E-state index contributed by atoms with van der Waals surface area (Å²) in [6.45, 7) is 2.50. The van der Waals surface area contributed by atoms with Crippen LogP contribution < -0.4 is 15.4 Å². The number of morpholine rings is 1. The van der Waals surface area contributed by atoms with E-state index in [-0.39, 0.29) is 11.3 Å². The predicted molar refractivity (Wildman–Crippen MR) is 106 cm³/mol. The fraction of sp³-hybridized carbons (Fsp3) is 0.238. The molecule has 0 atom stereocenters. The maximum atomic E-state index is 13.4. The summed E-state index contributed by atoms with van der Waals surface area (Å²) in [4.78, 5) is 25.9. The highest BCUT2D eigenvalue weighted by atomic mass is 19.1. The number of primary amides is 1. The highest BCUT2D eigenvalue weighted by Gasteiger charge is 2.27. The fourth-order valence-electron chi connectivity index (χ4n) is 3.48. The van der Waals surface area contributed by atoms with Crippen LogP contribution in [0.2, 0.25) is 0 Å². The van der Waals surface area contributed by atoms with Crippen molar-refractivity contribution in [3.8, 4) is 17.1 Å². The molecule has 1 amide bonds. The first-order valence-corrected chi connectivity index (χ1v) is 9.22. The topological polar surface area (TPSA) is 104 Å². The van der Waals surface area contributed by atoms with E-state index in [4.69, 9.17) is 19.6 Å². The van der Waals surface area contributed by atoms with Gasteiger partial charge in [-0.3, -0.25) is 0 Å². The zero-order valence-corrected chi connectivity index (χ0v) is 16.1. The first kappa shape index (κ1) is 19.7. The van der Waals surface area contributed by atoms with Crippen molar-refractivity contribution in [2.75, 3.05) is 38.3 Å². The van der Waals surface area contributed by atoms with Crippen molar-refractivity contribution in [2.45, 2.75) is 0 Å². The molecule has 1 fully saturated rings. The number of fused-ring (bicyclic) bond motifs is 1. The van der Waals surface area contributed by atoms with Gasteiger partial charge in [-0.05, 0) is 30.3 Å². The van der Waals surface area contributed by atoms with E-state index < -0.39 is 17.9 Å². The number of furan rings is 1. The monoisotopic (exact) mass is 414 g/mol. The number of hydrogen-bond acceptors (Lipinski definition) is 7. The molecule has 0 saturated carbocycles. The zero-order valence-electron chi connectivity index (χ0n) is 16.1. The Balaban J connectivity index is 1.91. The third-order valence-corrected chi connectivity index (χ3v) is 4.85. The Labute approximate surface area is 170 Å². The Morgan fingerprint density at radius 2 is 1.83 bits per heavy atom. The van der Waals surface area contributed by atoms with Gasteiger partial charge in [-0.2, -0.15) is 0 Å². The van der Waals surface area contributed by atoms with Gasteiger partial charge in [-0.1, -0.05) is 0 Å². The van der Waals surface area contributed by atoms with Crippen molar-refractivity contribution in [2.24, 2.45) is 5.73 Å². The smallest absolute Gasteiger partial charge is 0.412 e. The first-order valence-electron chi connectivity index (χ1n) is 9.22. The Morgan fingerprint density at radius 3 is 2.47 bits per heavy atom. The molecule has 3 aromatic rings. The minimum atomic E-state index is -1.24. The van der Waals surface area contributed by atoms with Crippen molar-refractivity contribution >= 4 is 28.7 Å². The predicted octanol–water partition coefficient (Wildman–Crippen LogP) is 3.32. The SMILES string of the molecule is COc1cc2c(C(=O)OC(N)=O)c(-c3ccc(F)cc3)oc2cc1N1CCOCC1. The van der Waals surface area contributed by atoms with Crippen LogP contribution in [0.1, 0.15) is 10.4 Å². The van der Waals surface area contributed by atoms with Crippen LogP contribution in [-0.4, -0.2) is 45.5 Å². The number of nitrogens with zero attached hydrogens (tertiary/aromatic N) is 1. The summed E-state index contributed by atoms with van der Waals surface area (Å²) in [5, 5.41) is 0.384. The van der Waals surface area contributed by atoms with Crippen molar-refractivity contribution in [3.05, 3.63) is 47.8 Å². The normalized spacial score (nSPS) is 14.0. The molecule has 156 valence electrons. The van der Waals surface area contributed by atoms with Crippen LogP contribution in [0.3, 0.4) is 0 Å². The zero-order chi connectivity index (χ0) is 21.3. The number of hydrogen-bond donors (Lipinski definition) is 1. The number of benzene rings is 2. The number of carbonyl (C=O) groups is 2. The van der Waals surface area contributed by atoms with E-state index in [1.807, 2.05) is 0 Å². The molecule has 1 aliphatic rings. The number of ether oxygens (including phenoxy) is 3. The van der Waals surface area contributed by atoms with E-state index >= 15 is 0 Å². The molecule has 2 heterocycles. The second-order valence-corrected chi connectivity index (χ2v) is 6.64. The Kier molecular flexibility index (Phi) is 5.28. The van der Waals surface area contributed by atoms with Gasteiger partial charge < -0.3 is 29.3 Å². The maximum Gasteiger partial charge on any atom is 0.412 e. The second-order valence-electron chi connectivity index (χ2n) is 6.64. The Hall–Kier alpha value is -3.59. The summed E-state index contributed by atoms with van der Waals surface area (Å²) in [5.74, 6) is -0.754. The van der Waals surface area contributed by atoms with Crippen molar-refractivity contribution in [3.63, 3.8) is 0 Å². The molecule has 9 heteroatoms. The number of rotatable bonds is 4. The third-order valence-electron chi connectivity index (χ3n) is 4.85. The quantitative estimate of drug-likeness (QED) is 0.516. The lowest BCUT2D eigenvalue weighted by molar-refractivity contribution is 0.0640.